The van der Waals surface area contributed by atoms with Crippen molar-refractivity contribution in [2.75, 3.05) is 19.4 Å². The maximum absolute atomic E-state index is 12.1. The number of thiophene rings is 1. The van der Waals surface area contributed by atoms with E-state index in [-0.39, 0.29) is 17.2 Å². The lowest BCUT2D eigenvalue weighted by molar-refractivity contribution is -0.145. The molecule has 1 aliphatic rings. The minimum Gasteiger partial charge on any atom is -0.467 e. The molecule has 24 heavy (non-hydrogen) atoms. The first-order valence-corrected chi connectivity index (χ1v) is 9.80. The van der Waals surface area contributed by atoms with Crippen LogP contribution in [0, 0.1) is 0 Å². The average Bonchev–Trinajstić information content (AvgIpc) is 3.19. The Bertz CT molecular complexity index is 577. The van der Waals surface area contributed by atoms with E-state index < -0.39 is 12.0 Å². The quantitative estimate of drug-likeness (QED) is 0.561. The molecule has 132 valence electrons. The van der Waals surface area contributed by atoms with Gasteiger partial charge in [0.05, 0.1) is 12.9 Å². The van der Waals surface area contributed by atoms with Gasteiger partial charge in [0.15, 0.2) is 0 Å². The van der Waals surface area contributed by atoms with E-state index in [9.17, 15) is 14.4 Å². The summed E-state index contributed by atoms with van der Waals surface area (Å²) in [4.78, 5) is 36.8. The molecule has 1 saturated heterocycles. The molecule has 2 atom stereocenters. The van der Waals surface area contributed by atoms with Gasteiger partial charge in [0, 0.05) is 13.5 Å². The monoisotopic (exact) mass is 370 g/mol. The lowest BCUT2D eigenvalue weighted by Gasteiger charge is -2.23. The summed E-state index contributed by atoms with van der Waals surface area (Å²) in [6, 6.07) is 1.43. The number of thioether (sulfide) groups is 1. The fourth-order valence-electron chi connectivity index (χ4n) is 2.65. The smallest absolute Gasteiger partial charge is 0.328 e. The first kappa shape index (κ1) is 18.8. The van der Waals surface area contributed by atoms with Gasteiger partial charge in [-0.3, -0.25) is 9.59 Å². The van der Waals surface area contributed by atoms with Crippen LogP contribution in [0.5, 0.6) is 0 Å². The molecule has 0 bridgehead atoms. The molecule has 0 aromatic carbocycles. The van der Waals surface area contributed by atoms with Gasteiger partial charge in [0.1, 0.15) is 11.4 Å². The van der Waals surface area contributed by atoms with E-state index >= 15 is 0 Å². The van der Waals surface area contributed by atoms with Crippen LogP contribution in [0.25, 0.3) is 0 Å². The second-order valence-corrected chi connectivity index (χ2v) is 7.43. The summed E-state index contributed by atoms with van der Waals surface area (Å²) in [6.07, 6.45) is 2.01. The van der Waals surface area contributed by atoms with E-state index in [0.717, 1.165) is 12.8 Å². The van der Waals surface area contributed by atoms with Gasteiger partial charge in [0.2, 0.25) is 11.8 Å². The van der Waals surface area contributed by atoms with Gasteiger partial charge in [-0.2, -0.15) is 11.3 Å². The van der Waals surface area contributed by atoms with Gasteiger partial charge in [-0.15, -0.1) is 11.8 Å². The van der Waals surface area contributed by atoms with E-state index in [0.29, 0.717) is 18.7 Å². The van der Waals surface area contributed by atoms with E-state index in [4.69, 9.17) is 4.74 Å². The van der Waals surface area contributed by atoms with Crippen molar-refractivity contribution in [1.29, 1.82) is 0 Å². The Morgan fingerprint density at radius 3 is 2.88 bits per heavy atom. The van der Waals surface area contributed by atoms with Crippen LogP contribution in [0.15, 0.2) is 16.8 Å². The summed E-state index contributed by atoms with van der Waals surface area (Å²) in [5, 5.41) is 6.79. The number of nitrogens with one attached hydrogen (secondary N) is 1. The zero-order valence-corrected chi connectivity index (χ0v) is 15.5. The van der Waals surface area contributed by atoms with Gasteiger partial charge in [-0.05, 0) is 41.7 Å². The number of esters is 1. The lowest BCUT2D eigenvalue weighted by atomic mass is 10.1. The SMILES string of the molecule is COC(=O)C(CCCCN1C(=O)CSC1c1ccsc1)NC(C)=O. The zero-order chi connectivity index (χ0) is 17.5. The van der Waals surface area contributed by atoms with Crippen molar-refractivity contribution < 1.29 is 19.1 Å². The summed E-state index contributed by atoms with van der Waals surface area (Å²) in [5.74, 6) is -0.0252. The van der Waals surface area contributed by atoms with Crippen molar-refractivity contribution in [3.05, 3.63) is 22.4 Å². The van der Waals surface area contributed by atoms with Crippen LogP contribution in [0.4, 0.5) is 0 Å². The number of rotatable bonds is 8. The molecule has 2 unspecified atom stereocenters. The summed E-state index contributed by atoms with van der Waals surface area (Å²) in [6.45, 7) is 2.03. The number of methoxy groups -OCH3 is 1. The summed E-state index contributed by atoms with van der Waals surface area (Å²) < 4.78 is 4.71. The largest absolute Gasteiger partial charge is 0.467 e. The summed E-state index contributed by atoms with van der Waals surface area (Å²) in [5.41, 5.74) is 1.17. The minimum absolute atomic E-state index is 0.0931. The highest BCUT2D eigenvalue weighted by atomic mass is 32.2. The topological polar surface area (TPSA) is 75.7 Å². The first-order chi connectivity index (χ1) is 11.5. The molecule has 2 rings (SSSR count). The highest BCUT2D eigenvalue weighted by molar-refractivity contribution is 8.00. The Morgan fingerprint density at radius 2 is 2.25 bits per heavy atom. The highest BCUT2D eigenvalue weighted by Crippen LogP contribution is 2.39. The maximum Gasteiger partial charge on any atom is 0.328 e. The van der Waals surface area contributed by atoms with Gasteiger partial charge in [0.25, 0.3) is 0 Å². The van der Waals surface area contributed by atoms with Crippen LogP contribution in [0.2, 0.25) is 0 Å². The lowest BCUT2D eigenvalue weighted by Crippen LogP contribution is -2.40. The normalized spacial score (nSPS) is 18.5. The van der Waals surface area contributed by atoms with Crippen molar-refractivity contribution in [1.82, 2.24) is 10.2 Å². The number of carbonyl (C=O) groups is 3. The number of amides is 2. The van der Waals surface area contributed by atoms with Crippen molar-refractivity contribution in [3.8, 4) is 0 Å². The van der Waals surface area contributed by atoms with Crippen LogP contribution in [-0.2, 0) is 19.1 Å². The predicted octanol–water partition coefficient (Wildman–Crippen LogP) is 2.17. The molecule has 0 saturated carbocycles. The summed E-state index contributed by atoms with van der Waals surface area (Å²) >= 11 is 3.28. The molecule has 1 fully saturated rings. The van der Waals surface area contributed by atoms with Crippen molar-refractivity contribution in [3.63, 3.8) is 0 Å². The van der Waals surface area contributed by atoms with E-state index in [1.807, 2.05) is 10.3 Å². The van der Waals surface area contributed by atoms with Crippen molar-refractivity contribution >= 4 is 40.9 Å². The van der Waals surface area contributed by atoms with Crippen LogP contribution in [0.1, 0.15) is 37.1 Å². The van der Waals surface area contributed by atoms with E-state index in [1.165, 1.54) is 19.6 Å². The Balaban J connectivity index is 1.82. The van der Waals surface area contributed by atoms with Crippen LogP contribution in [0.3, 0.4) is 0 Å². The number of hydrogen-bond acceptors (Lipinski definition) is 6. The van der Waals surface area contributed by atoms with Crippen LogP contribution in [-0.4, -0.2) is 48.1 Å². The third kappa shape index (κ3) is 4.98. The van der Waals surface area contributed by atoms with Crippen LogP contribution < -0.4 is 5.32 Å². The fraction of sp³-hybridized carbons (Fsp3) is 0.562. The zero-order valence-electron chi connectivity index (χ0n) is 13.8. The van der Waals surface area contributed by atoms with Gasteiger partial charge in [-0.25, -0.2) is 4.79 Å². The minimum atomic E-state index is -0.621. The molecule has 0 aliphatic carbocycles. The molecular weight excluding hydrogens is 348 g/mol. The molecule has 0 spiro atoms. The number of carbonyl (C=O) groups excluding carboxylic acids is 3. The Hall–Kier alpha value is -1.54. The molecule has 8 heteroatoms. The van der Waals surface area contributed by atoms with Crippen molar-refractivity contribution in [2.24, 2.45) is 0 Å². The molecule has 1 aromatic heterocycles. The Morgan fingerprint density at radius 1 is 1.46 bits per heavy atom. The average molecular weight is 370 g/mol. The standard InChI is InChI=1S/C16H22N2O4S2/c1-11(19)17-13(16(21)22-2)5-3-4-7-18-14(20)10-24-15(18)12-6-8-23-9-12/h6,8-9,13,15H,3-5,7,10H2,1-2H3,(H,17,19). The third-order valence-electron chi connectivity index (χ3n) is 3.80. The van der Waals surface area contributed by atoms with Gasteiger partial charge in [-0.1, -0.05) is 0 Å². The Labute approximate surface area is 149 Å². The molecular formula is C16H22N2O4S2. The summed E-state index contributed by atoms with van der Waals surface area (Å²) in [7, 11) is 1.31. The fourth-order valence-corrected chi connectivity index (χ4v) is 4.63. The Kier molecular flexibility index (Phi) is 7.11. The molecule has 1 N–H and O–H groups in total. The molecule has 0 radical (unpaired) electrons. The third-order valence-corrected chi connectivity index (χ3v) is 5.76. The van der Waals surface area contributed by atoms with Gasteiger partial charge < -0.3 is 15.0 Å². The van der Waals surface area contributed by atoms with Crippen molar-refractivity contribution in [2.45, 2.75) is 37.6 Å². The van der Waals surface area contributed by atoms with Crippen LogP contribution >= 0.6 is 23.1 Å². The van der Waals surface area contributed by atoms with Gasteiger partial charge >= 0.3 is 5.97 Å². The number of unbranched alkanes of at least 4 members (excludes halogenated alkanes) is 1. The molecule has 1 aliphatic heterocycles. The number of hydrogen-bond donors (Lipinski definition) is 1. The van der Waals surface area contributed by atoms with E-state index in [1.54, 1.807) is 23.1 Å². The highest BCUT2D eigenvalue weighted by Gasteiger charge is 2.32. The molecule has 1 aromatic rings. The molecule has 2 amide bonds. The predicted molar refractivity (Wildman–Crippen MR) is 94.7 cm³/mol. The molecule has 6 nitrogen and oxygen atoms in total. The number of ether oxygens (including phenoxy) is 1. The second-order valence-electron chi connectivity index (χ2n) is 5.58. The first-order valence-electron chi connectivity index (χ1n) is 7.81. The van der Waals surface area contributed by atoms with E-state index in [2.05, 4.69) is 16.8 Å². The number of nitrogens with zero attached hydrogens (tertiary/aromatic N) is 1. The maximum atomic E-state index is 12.1. The second kappa shape index (κ2) is 9.08. The molecule has 2 heterocycles.